The van der Waals surface area contributed by atoms with E-state index >= 15 is 0 Å². The number of hydrogen-bond donors (Lipinski definition) is 1. The molecule has 1 unspecified atom stereocenters. The SMILES string of the molecule is CCCCSCC(NC)c1ccc2c(c1)OCO2. The Morgan fingerprint density at radius 2 is 2.17 bits per heavy atom. The highest BCUT2D eigenvalue weighted by Crippen LogP contribution is 2.34. The zero-order valence-corrected chi connectivity index (χ0v) is 11.9. The van der Waals surface area contributed by atoms with E-state index in [1.54, 1.807) is 0 Å². The summed E-state index contributed by atoms with van der Waals surface area (Å²) in [5, 5.41) is 3.37. The zero-order valence-electron chi connectivity index (χ0n) is 11.1. The molecule has 4 heteroatoms. The van der Waals surface area contributed by atoms with Gasteiger partial charge in [0, 0.05) is 11.8 Å². The van der Waals surface area contributed by atoms with E-state index in [2.05, 4.69) is 24.4 Å². The van der Waals surface area contributed by atoms with Gasteiger partial charge in [-0.15, -0.1) is 0 Å². The highest BCUT2D eigenvalue weighted by Gasteiger charge is 2.16. The van der Waals surface area contributed by atoms with Crippen LogP contribution in [0.4, 0.5) is 0 Å². The Morgan fingerprint density at radius 1 is 1.33 bits per heavy atom. The predicted molar refractivity (Wildman–Crippen MR) is 76.6 cm³/mol. The molecule has 3 nitrogen and oxygen atoms in total. The number of unbranched alkanes of at least 4 members (excludes halogenated alkanes) is 1. The molecular weight excluding hydrogens is 246 g/mol. The second-order valence-corrected chi connectivity index (χ2v) is 5.53. The summed E-state index contributed by atoms with van der Waals surface area (Å²) in [6.45, 7) is 2.57. The van der Waals surface area contributed by atoms with Crippen molar-refractivity contribution in [2.24, 2.45) is 0 Å². The lowest BCUT2D eigenvalue weighted by Gasteiger charge is -2.16. The van der Waals surface area contributed by atoms with Crippen molar-refractivity contribution in [3.8, 4) is 11.5 Å². The molecule has 0 spiro atoms. The van der Waals surface area contributed by atoms with Gasteiger partial charge in [0.1, 0.15) is 0 Å². The molecule has 1 aromatic rings. The van der Waals surface area contributed by atoms with Crippen molar-refractivity contribution in [3.63, 3.8) is 0 Å². The molecule has 0 aliphatic carbocycles. The average molecular weight is 267 g/mol. The smallest absolute Gasteiger partial charge is 0.231 e. The third-order valence-electron chi connectivity index (χ3n) is 3.07. The molecular formula is C14H21NO2S. The van der Waals surface area contributed by atoms with Gasteiger partial charge in [-0.05, 0) is 36.9 Å². The number of ether oxygens (including phenoxy) is 2. The lowest BCUT2D eigenvalue weighted by atomic mass is 10.1. The normalized spacial score (nSPS) is 14.8. The fourth-order valence-corrected chi connectivity index (χ4v) is 3.18. The molecule has 0 saturated heterocycles. The van der Waals surface area contributed by atoms with Crippen LogP contribution in [0.2, 0.25) is 0 Å². The standard InChI is InChI=1S/C14H21NO2S/c1-3-4-7-18-9-12(15-2)11-5-6-13-14(8-11)17-10-16-13/h5-6,8,12,15H,3-4,7,9-10H2,1-2H3. The van der Waals surface area contributed by atoms with Gasteiger partial charge in [0.2, 0.25) is 6.79 Å². The first-order chi connectivity index (χ1) is 8.85. The van der Waals surface area contributed by atoms with E-state index in [0.717, 1.165) is 17.3 Å². The molecule has 0 radical (unpaired) electrons. The molecule has 0 aromatic heterocycles. The highest BCUT2D eigenvalue weighted by molar-refractivity contribution is 7.99. The van der Waals surface area contributed by atoms with Crippen LogP contribution >= 0.6 is 11.8 Å². The Balaban J connectivity index is 1.94. The molecule has 1 aromatic carbocycles. The van der Waals surface area contributed by atoms with Crippen LogP contribution in [-0.4, -0.2) is 25.3 Å². The zero-order chi connectivity index (χ0) is 12.8. The number of hydrogen-bond acceptors (Lipinski definition) is 4. The predicted octanol–water partition coefficient (Wildman–Crippen LogP) is 3.21. The maximum atomic E-state index is 5.42. The van der Waals surface area contributed by atoms with Crippen LogP contribution in [0.1, 0.15) is 31.4 Å². The fraction of sp³-hybridized carbons (Fsp3) is 0.571. The summed E-state index contributed by atoms with van der Waals surface area (Å²) in [6, 6.07) is 6.58. The third kappa shape index (κ3) is 3.33. The van der Waals surface area contributed by atoms with Crippen molar-refractivity contribution in [2.45, 2.75) is 25.8 Å². The minimum atomic E-state index is 0.342. The summed E-state index contributed by atoms with van der Waals surface area (Å²) in [5.41, 5.74) is 1.27. The Hall–Kier alpha value is -0.870. The van der Waals surface area contributed by atoms with Gasteiger partial charge in [0.05, 0.1) is 0 Å². The van der Waals surface area contributed by atoms with E-state index in [-0.39, 0.29) is 0 Å². The van der Waals surface area contributed by atoms with E-state index in [9.17, 15) is 0 Å². The van der Waals surface area contributed by atoms with Gasteiger partial charge in [-0.1, -0.05) is 19.4 Å². The van der Waals surface area contributed by atoms with E-state index in [0.29, 0.717) is 12.8 Å². The van der Waals surface area contributed by atoms with Crippen molar-refractivity contribution in [3.05, 3.63) is 23.8 Å². The van der Waals surface area contributed by atoms with E-state index in [1.807, 2.05) is 24.9 Å². The summed E-state index contributed by atoms with van der Waals surface area (Å²) >= 11 is 2.00. The van der Waals surface area contributed by atoms with Gasteiger partial charge in [-0.2, -0.15) is 11.8 Å². The summed E-state index contributed by atoms with van der Waals surface area (Å²) < 4.78 is 10.8. The maximum Gasteiger partial charge on any atom is 0.231 e. The van der Waals surface area contributed by atoms with Crippen LogP contribution < -0.4 is 14.8 Å². The van der Waals surface area contributed by atoms with Crippen molar-refractivity contribution in [1.29, 1.82) is 0 Å². The molecule has 1 N–H and O–H groups in total. The van der Waals surface area contributed by atoms with Crippen LogP contribution in [0, 0.1) is 0 Å². The Morgan fingerprint density at radius 3 is 2.94 bits per heavy atom. The Bertz CT molecular complexity index is 384. The summed E-state index contributed by atoms with van der Waals surface area (Å²) in [7, 11) is 2.01. The van der Waals surface area contributed by atoms with Crippen molar-refractivity contribution in [1.82, 2.24) is 5.32 Å². The second-order valence-electron chi connectivity index (χ2n) is 4.38. The maximum absolute atomic E-state index is 5.42. The second kappa shape index (κ2) is 6.90. The van der Waals surface area contributed by atoms with Gasteiger partial charge in [0.15, 0.2) is 11.5 Å². The molecule has 0 fully saturated rings. The van der Waals surface area contributed by atoms with E-state index in [4.69, 9.17) is 9.47 Å². The summed E-state index contributed by atoms with van der Waals surface area (Å²) in [6.07, 6.45) is 2.56. The monoisotopic (exact) mass is 267 g/mol. The van der Waals surface area contributed by atoms with Gasteiger partial charge < -0.3 is 14.8 Å². The van der Waals surface area contributed by atoms with E-state index < -0.39 is 0 Å². The number of fused-ring (bicyclic) bond motifs is 1. The first-order valence-corrected chi connectivity index (χ1v) is 7.65. The molecule has 1 atom stereocenters. The van der Waals surface area contributed by atoms with Gasteiger partial charge in [-0.3, -0.25) is 0 Å². The molecule has 0 amide bonds. The minimum Gasteiger partial charge on any atom is -0.454 e. The molecule has 18 heavy (non-hydrogen) atoms. The third-order valence-corrected chi connectivity index (χ3v) is 4.22. The molecule has 2 rings (SSSR count). The fourth-order valence-electron chi connectivity index (χ4n) is 1.92. The van der Waals surface area contributed by atoms with Gasteiger partial charge >= 0.3 is 0 Å². The van der Waals surface area contributed by atoms with Gasteiger partial charge in [-0.25, -0.2) is 0 Å². The molecule has 1 aliphatic heterocycles. The van der Waals surface area contributed by atoms with Crippen LogP contribution in [0.5, 0.6) is 11.5 Å². The topological polar surface area (TPSA) is 30.5 Å². The molecule has 100 valence electrons. The van der Waals surface area contributed by atoms with Crippen molar-refractivity contribution >= 4 is 11.8 Å². The Kier molecular flexibility index (Phi) is 5.20. The first kappa shape index (κ1) is 13.6. The average Bonchev–Trinajstić information content (AvgIpc) is 2.86. The largest absolute Gasteiger partial charge is 0.454 e. The number of benzene rings is 1. The van der Waals surface area contributed by atoms with Crippen LogP contribution in [-0.2, 0) is 0 Å². The van der Waals surface area contributed by atoms with Crippen LogP contribution in [0.25, 0.3) is 0 Å². The summed E-state index contributed by atoms with van der Waals surface area (Å²) in [5.74, 6) is 4.05. The Labute approximate surface area is 113 Å². The highest BCUT2D eigenvalue weighted by atomic mass is 32.2. The lowest BCUT2D eigenvalue weighted by Crippen LogP contribution is -2.18. The number of nitrogens with one attached hydrogen (secondary N) is 1. The van der Waals surface area contributed by atoms with Crippen molar-refractivity contribution in [2.75, 3.05) is 25.3 Å². The summed E-state index contributed by atoms with van der Waals surface area (Å²) in [4.78, 5) is 0. The number of thioether (sulfide) groups is 1. The molecule has 0 bridgehead atoms. The molecule has 0 saturated carbocycles. The minimum absolute atomic E-state index is 0.342. The van der Waals surface area contributed by atoms with Crippen LogP contribution in [0.3, 0.4) is 0 Å². The molecule has 1 aliphatic rings. The lowest BCUT2D eigenvalue weighted by molar-refractivity contribution is 0.174. The first-order valence-electron chi connectivity index (χ1n) is 6.49. The quantitative estimate of drug-likeness (QED) is 0.768. The molecule has 1 heterocycles. The van der Waals surface area contributed by atoms with Gasteiger partial charge in [0.25, 0.3) is 0 Å². The van der Waals surface area contributed by atoms with Crippen LogP contribution in [0.15, 0.2) is 18.2 Å². The number of rotatable bonds is 7. The van der Waals surface area contributed by atoms with E-state index in [1.165, 1.54) is 24.2 Å². The van der Waals surface area contributed by atoms with Crippen molar-refractivity contribution < 1.29 is 9.47 Å².